The first kappa shape index (κ1) is 14.4. The van der Waals surface area contributed by atoms with E-state index >= 15 is 0 Å². The van der Waals surface area contributed by atoms with Crippen molar-refractivity contribution in [3.05, 3.63) is 30.1 Å². The average Bonchev–Trinajstić information content (AvgIpc) is 2.68. The van der Waals surface area contributed by atoms with Gasteiger partial charge in [0.05, 0.1) is 18.3 Å². The van der Waals surface area contributed by atoms with E-state index in [1.54, 1.807) is 0 Å². The van der Waals surface area contributed by atoms with Crippen molar-refractivity contribution in [1.82, 2.24) is 14.8 Å². The van der Waals surface area contributed by atoms with E-state index in [1.165, 1.54) is 0 Å². The average molecular weight is 264 g/mol. The van der Waals surface area contributed by atoms with E-state index < -0.39 is 0 Å². The Morgan fingerprint density at radius 2 is 2.16 bits per heavy atom. The van der Waals surface area contributed by atoms with E-state index in [4.69, 9.17) is 10.8 Å². The zero-order valence-electron chi connectivity index (χ0n) is 11.4. The third-order valence-corrected chi connectivity index (χ3v) is 3.73. The smallest absolute Gasteiger partial charge is 0.0644 e. The van der Waals surface area contributed by atoms with Gasteiger partial charge in [0, 0.05) is 38.9 Å². The van der Waals surface area contributed by atoms with Crippen LogP contribution in [0.4, 0.5) is 0 Å². The van der Waals surface area contributed by atoms with Gasteiger partial charge in [0.1, 0.15) is 0 Å². The molecule has 0 radical (unpaired) electrons. The fraction of sp³-hybridized carbons (Fsp3) is 0.643. The number of pyridine rings is 1. The first-order valence-electron chi connectivity index (χ1n) is 7.03. The largest absolute Gasteiger partial charge is 0.395 e. The number of hydrogen-bond acceptors (Lipinski definition) is 5. The molecule has 19 heavy (non-hydrogen) atoms. The molecule has 1 aliphatic heterocycles. The summed E-state index contributed by atoms with van der Waals surface area (Å²) >= 11 is 0. The van der Waals surface area contributed by atoms with Crippen molar-refractivity contribution in [2.24, 2.45) is 5.73 Å². The molecule has 1 fully saturated rings. The van der Waals surface area contributed by atoms with E-state index in [1.807, 2.05) is 24.4 Å². The quantitative estimate of drug-likeness (QED) is 0.788. The molecule has 1 atom stereocenters. The predicted molar refractivity (Wildman–Crippen MR) is 75.7 cm³/mol. The van der Waals surface area contributed by atoms with Gasteiger partial charge in [0.15, 0.2) is 0 Å². The number of rotatable bonds is 5. The van der Waals surface area contributed by atoms with Crippen LogP contribution >= 0.6 is 0 Å². The van der Waals surface area contributed by atoms with Crippen LogP contribution in [-0.4, -0.2) is 65.8 Å². The van der Waals surface area contributed by atoms with Gasteiger partial charge < -0.3 is 10.8 Å². The Hall–Kier alpha value is -1.01. The minimum Gasteiger partial charge on any atom is -0.395 e. The summed E-state index contributed by atoms with van der Waals surface area (Å²) in [5.74, 6) is 0. The Labute approximate surface area is 115 Å². The van der Waals surface area contributed by atoms with Gasteiger partial charge in [-0.1, -0.05) is 6.07 Å². The number of aliphatic hydroxyl groups is 1. The highest BCUT2D eigenvalue weighted by atomic mass is 16.3. The Morgan fingerprint density at radius 3 is 2.84 bits per heavy atom. The number of aliphatic hydroxyl groups excluding tert-OH is 1. The molecule has 5 nitrogen and oxygen atoms in total. The summed E-state index contributed by atoms with van der Waals surface area (Å²) in [6, 6.07) is 6.20. The fourth-order valence-corrected chi connectivity index (χ4v) is 2.70. The molecule has 5 heteroatoms. The molecule has 0 aromatic carbocycles. The first-order valence-corrected chi connectivity index (χ1v) is 7.03. The van der Waals surface area contributed by atoms with Gasteiger partial charge in [-0.3, -0.25) is 14.8 Å². The molecule has 0 saturated carbocycles. The SMILES string of the molecule is NCC(c1ccccn1)N1CCCN(CCO)CC1. The molecule has 0 bridgehead atoms. The van der Waals surface area contributed by atoms with Gasteiger partial charge in [-0.2, -0.15) is 0 Å². The highest BCUT2D eigenvalue weighted by Gasteiger charge is 2.22. The van der Waals surface area contributed by atoms with Crippen LogP contribution in [0.1, 0.15) is 18.2 Å². The van der Waals surface area contributed by atoms with Crippen molar-refractivity contribution in [3.63, 3.8) is 0 Å². The molecule has 1 aliphatic rings. The summed E-state index contributed by atoms with van der Waals surface area (Å²) in [6.45, 7) is 5.67. The third-order valence-electron chi connectivity index (χ3n) is 3.73. The standard InChI is InChI=1S/C14H24N4O/c15-12-14(13-4-1-2-5-16-13)18-7-3-6-17(8-9-18)10-11-19/h1-2,4-5,14,19H,3,6-12,15H2. The Bertz CT molecular complexity index is 360. The molecule has 0 amide bonds. The molecule has 2 heterocycles. The second kappa shape index (κ2) is 7.55. The molecule has 1 aromatic rings. The number of nitrogens with two attached hydrogens (primary N) is 1. The maximum atomic E-state index is 9.02. The molecule has 106 valence electrons. The lowest BCUT2D eigenvalue weighted by Gasteiger charge is -2.29. The summed E-state index contributed by atoms with van der Waals surface area (Å²) < 4.78 is 0. The maximum absolute atomic E-state index is 9.02. The normalized spacial score (nSPS) is 20.1. The molecular weight excluding hydrogens is 240 g/mol. The van der Waals surface area contributed by atoms with Crippen LogP contribution in [0.3, 0.4) is 0 Å². The minimum absolute atomic E-state index is 0.204. The second-order valence-corrected chi connectivity index (χ2v) is 4.96. The number of β-amino-alcohol motifs (C(OH)–C–C–N with tert-alkyl or cyclic N) is 1. The van der Waals surface area contributed by atoms with Crippen molar-refractivity contribution >= 4 is 0 Å². The van der Waals surface area contributed by atoms with E-state index in [2.05, 4.69) is 14.8 Å². The van der Waals surface area contributed by atoms with Gasteiger partial charge >= 0.3 is 0 Å². The molecular formula is C14H24N4O. The second-order valence-electron chi connectivity index (χ2n) is 4.96. The minimum atomic E-state index is 0.204. The molecule has 0 aliphatic carbocycles. The Balaban J connectivity index is 1.99. The van der Waals surface area contributed by atoms with Crippen LogP contribution in [-0.2, 0) is 0 Å². The summed E-state index contributed by atoms with van der Waals surface area (Å²) in [4.78, 5) is 9.16. The number of nitrogens with zero attached hydrogens (tertiary/aromatic N) is 3. The van der Waals surface area contributed by atoms with Gasteiger partial charge in [0.2, 0.25) is 0 Å². The summed E-state index contributed by atoms with van der Waals surface area (Å²) in [6.07, 6.45) is 2.94. The monoisotopic (exact) mass is 264 g/mol. The Morgan fingerprint density at radius 1 is 1.26 bits per heavy atom. The van der Waals surface area contributed by atoms with E-state index in [-0.39, 0.29) is 12.6 Å². The highest BCUT2D eigenvalue weighted by molar-refractivity contribution is 5.09. The molecule has 1 aromatic heterocycles. The summed E-state index contributed by atoms with van der Waals surface area (Å²) in [5.41, 5.74) is 7.00. The lowest BCUT2D eigenvalue weighted by molar-refractivity contribution is 0.181. The van der Waals surface area contributed by atoms with Gasteiger partial charge in [-0.05, 0) is 25.1 Å². The fourth-order valence-electron chi connectivity index (χ4n) is 2.70. The van der Waals surface area contributed by atoms with Gasteiger partial charge in [-0.15, -0.1) is 0 Å². The number of hydrogen-bond donors (Lipinski definition) is 2. The zero-order chi connectivity index (χ0) is 13.5. The molecule has 2 rings (SSSR count). The Kier molecular flexibility index (Phi) is 5.72. The lowest BCUT2D eigenvalue weighted by atomic mass is 10.1. The van der Waals surface area contributed by atoms with Crippen molar-refractivity contribution in [3.8, 4) is 0 Å². The van der Waals surface area contributed by atoms with Crippen LogP contribution < -0.4 is 5.73 Å². The van der Waals surface area contributed by atoms with Crippen molar-refractivity contribution in [2.45, 2.75) is 12.5 Å². The van der Waals surface area contributed by atoms with E-state index in [0.29, 0.717) is 6.54 Å². The van der Waals surface area contributed by atoms with E-state index in [9.17, 15) is 0 Å². The molecule has 0 spiro atoms. The molecule has 1 saturated heterocycles. The van der Waals surface area contributed by atoms with Crippen LogP contribution in [0.2, 0.25) is 0 Å². The molecule has 1 unspecified atom stereocenters. The van der Waals surface area contributed by atoms with Crippen LogP contribution in [0.5, 0.6) is 0 Å². The van der Waals surface area contributed by atoms with E-state index in [0.717, 1.165) is 44.8 Å². The topological polar surface area (TPSA) is 65.6 Å². The van der Waals surface area contributed by atoms with Crippen LogP contribution in [0.15, 0.2) is 24.4 Å². The van der Waals surface area contributed by atoms with Crippen molar-refractivity contribution in [2.75, 3.05) is 45.9 Å². The van der Waals surface area contributed by atoms with Crippen LogP contribution in [0.25, 0.3) is 0 Å². The molecule has 3 N–H and O–H groups in total. The van der Waals surface area contributed by atoms with Crippen molar-refractivity contribution in [1.29, 1.82) is 0 Å². The zero-order valence-corrected chi connectivity index (χ0v) is 11.4. The maximum Gasteiger partial charge on any atom is 0.0644 e. The predicted octanol–water partition coefficient (Wildman–Crippen LogP) is 0.0814. The van der Waals surface area contributed by atoms with Crippen molar-refractivity contribution < 1.29 is 5.11 Å². The highest BCUT2D eigenvalue weighted by Crippen LogP contribution is 2.19. The summed E-state index contributed by atoms with van der Waals surface area (Å²) in [7, 11) is 0. The first-order chi connectivity index (χ1) is 9.35. The van der Waals surface area contributed by atoms with Crippen LogP contribution in [0, 0.1) is 0 Å². The summed E-state index contributed by atoms with van der Waals surface area (Å²) in [5, 5.41) is 9.02. The van der Waals surface area contributed by atoms with Gasteiger partial charge in [0.25, 0.3) is 0 Å². The third kappa shape index (κ3) is 3.98. The van der Waals surface area contributed by atoms with Gasteiger partial charge in [-0.25, -0.2) is 0 Å². The lowest BCUT2D eigenvalue weighted by Crippen LogP contribution is -2.37. The number of aromatic nitrogens is 1.